The Balaban J connectivity index is 2.15. The topological polar surface area (TPSA) is 80.1 Å². The van der Waals surface area contributed by atoms with Crippen molar-refractivity contribution in [3.05, 3.63) is 53.4 Å². The highest BCUT2D eigenvalue weighted by molar-refractivity contribution is 5.99. The van der Waals surface area contributed by atoms with Crippen LogP contribution in [0.25, 0.3) is 27.5 Å². The Kier molecular flexibility index (Phi) is 5.12. The lowest BCUT2D eigenvalue weighted by molar-refractivity contribution is -0.142. The quantitative estimate of drug-likeness (QED) is 0.456. The Hall–Kier alpha value is -3.49. The van der Waals surface area contributed by atoms with E-state index < -0.39 is 30.2 Å². The molecular weight excluding hydrogens is 411 g/mol. The van der Waals surface area contributed by atoms with Crippen LogP contribution in [0.5, 0.6) is 5.75 Å². The number of aliphatic carboxylic acids is 1. The average Bonchev–Trinajstić information content (AvgIpc) is 3.32. The van der Waals surface area contributed by atoms with E-state index in [1.165, 1.54) is 31.5 Å². The maximum Gasteiger partial charge on any atom is 0.338 e. The zero-order chi connectivity index (χ0) is 22.4. The van der Waals surface area contributed by atoms with E-state index >= 15 is 4.39 Å². The van der Waals surface area contributed by atoms with E-state index in [4.69, 9.17) is 9.84 Å². The molecular formula is C22H20F3N3O3. The molecule has 0 radical (unpaired) electrons. The number of hydrogen-bond acceptors (Lipinski definition) is 3. The zero-order valence-corrected chi connectivity index (χ0v) is 17.0. The summed E-state index contributed by atoms with van der Waals surface area (Å²) < 4.78 is 50.7. The summed E-state index contributed by atoms with van der Waals surface area (Å²) in [6.07, 6.45) is -1.26. The van der Waals surface area contributed by atoms with Crippen LogP contribution in [0.3, 0.4) is 0 Å². The molecule has 2 heterocycles. The number of methoxy groups -OCH3 is 1. The second-order valence-corrected chi connectivity index (χ2v) is 7.60. The van der Waals surface area contributed by atoms with Crippen molar-refractivity contribution in [1.29, 1.82) is 0 Å². The van der Waals surface area contributed by atoms with Crippen molar-refractivity contribution in [3.8, 4) is 11.4 Å². The fraction of sp³-hybridized carbons (Fsp3) is 0.273. The van der Waals surface area contributed by atoms with Gasteiger partial charge in [0.1, 0.15) is 5.52 Å². The Morgan fingerprint density at radius 3 is 2.68 bits per heavy atom. The first-order chi connectivity index (χ1) is 14.7. The van der Waals surface area contributed by atoms with E-state index in [-0.39, 0.29) is 28.1 Å². The van der Waals surface area contributed by atoms with Gasteiger partial charge in [-0.05, 0) is 29.7 Å². The molecule has 6 nitrogen and oxygen atoms in total. The monoisotopic (exact) mass is 431 g/mol. The molecule has 9 heteroatoms. The third-order valence-corrected chi connectivity index (χ3v) is 5.34. The Labute approximate surface area is 175 Å². The maximum atomic E-state index is 15.6. The standard InChI is InChI=1S/C22H20F3N3O3/c1-10(2)21-13(8-15(24)22(29)30)18-16(6-11-9-26-27-20(11)19(18)25)28(21)12-4-5-14(23)17(7-12)31-3/h4-7,9-10,15H,8H2,1-3H3,(H,26,27)(H,29,30)/t15-/m0/s1. The van der Waals surface area contributed by atoms with Gasteiger partial charge in [-0.15, -0.1) is 0 Å². The van der Waals surface area contributed by atoms with E-state index in [0.29, 0.717) is 22.3 Å². The molecule has 0 aliphatic heterocycles. The number of aromatic nitrogens is 3. The maximum absolute atomic E-state index is 15.6. The summed E-state index contributed by atoms with van der Waals surface area (Å²) in [5, 5.41) is 16.2. The van der Waals surface area contributed by atoms with Gasteiger partial charge in [-0.1, -0.05) is 13.8 Å². The zero-order valence-electron chi connectivity index (χ0n) is 17.0. The number of halogens is 3. The first-order valence-electron chi connectivity index (χ1n) is 9.64. The van der Waals surface area contributed by atoms with Gasteiger partial charge in [0, 0.05) is 34.6 Å². The van der Waals surface area contributed by atoms with E-state index in [1.54, 1.807) is 10.6 Å². The molecule has 0 unspecified atom stereocenters. The summed E-state index contributed by atoms with van der Waals surface area (Å²) >= 11 is 0. The number of hydrogen-bond donors (Lipinski definition) is 2. The molecule has 162 valence electrons. The van der Waals surface area contributed by atoms with Crippen molar-refractivity contribution in [3.63, 3.8) is 0 Å². The number of fused-ring (bicyclic) bond motifs is 2. The molecule has 0 amide bonds. The number of H-pyrrole nitrogens is 1. The lowest BCUT2D eigenvalue weighted by Crippen LogP contribution is -2.18. The summed E-state index contributed by atoms with van der Waals surface area (Å²) in [5.74, 6) is -3.06. The van der Waals surface area contributed by atoms with Gasteiger partial charge in [0.05, 0.1) is 18.8 Å². The van der Waals surface area contributed by atoms with Gasteiger partial charge >= 0.3 is 5.97 Å². The summed E-state index contributed by atoms with van der Waals surface area (Å²) in [6, 6.07) is 5.89. The molecule has 0 fully saturated rings. The largest absolute Gasteiger partial charge is 0.494 e. The highest BCUT2D eigenvalue weighted by Gasteiger charge is 2.29. The second-order valence-electron chi connectivity index (χ2n) is 7.60. The smallest absolute Gasteiger partial charge is 0.338 e. The van der Waals surface area contributed by atoms with E-state index in [9.17, 15) is 13.6 Å². The summed E-state index contributed by atoms with van der Waals surface area (Å²) in [7, 11) is 1.33. The molecule has 0 aliphatic rings. The number of benzene rings is 2. The molecule has 0 saturated carbocycles. The molecule has 0 bridgehead atoms. The third-order valence-electron chi connectivity index (χ3n) is 5.34. The molecule has 2 aromatic carbocycles. The molecule has 0 spiro atoms. The minimum absolute atomic E-state index is 0.00521. The molecule has 4 rings (SSSR count). The van der Waals surface area contributed by atoms with Crippen LogP contribution >= 0.6 is 0 Å². The van der Waals surface area contributed by atoms with Crippen LogP contribution in [-0.2, 0) is 11.2 Å². The van der Waals surface area contributed by atoms with Crippen LogP contribution in [0, 0.1) is 11.6 Å². The lowest BCUT2D eigenvalue weighted by Gasteiger charge is -2.17. The molecule has 2 N–H and O–H groups in total. The van der Waals surface area contributed by atoms with Gasteiger partial charge in [0.2, 0.25) is 6.17 Å². The number of carbonyl (C=O) groups is 1. The predicted octanol–water partition coefficient (Wildman–Crippen LogP) is 4.88. The van der Waals surface area contributed by atoms with Crippen LogP contribution in [-0.4, -0.2) is 39.1 Å². The van der Waals surface area contributed by atoms with Crippen LogP contribution < -0.4 is 4.74 Å². The number of carboxylic acids is 1. The molecule has 0 saturated heterocycles. The molecule has 4 aromatic rings. The van der Waals surface area contributed by atoms with Gasteiger partial charge < -0.3 is 14.4 Å². The first kappa shape index (κ1) is 20.8. The van der Waals surface area contributed by atoms with Crippen LogP contribution in [0.4, 0.5) is 13.2 Å². The number of ether oxygens (including phenoxy) is 1. The van der Waals surface area contributed by atoms with Crippen molar-refractivity contribution in [2.24, 2.45) is 0 Å². The van der Waals surface area contributed by atoms with Gasteiger partial charge in [-0.25, -0.2) is 18.0 Å². The minimum Gasteiger partial charge on any atom is -0.494 e. The highest BCUT2D eigenvalue weighted by Crippen LogP contribution is 2.39. The van der Waals surface area contributed by atoms with Gasteiger partial charge in [0.25, 0.3) is 0 Å². The van der Waals surface area contributed by atoms with Crippen LogP contribution in [0.2, 0.25) is 0 Å². The summed E-state index contributed by atoms with van der Waals surface area (Å²) in [4.78, 5) is 11.2. The van der Waals surface area contributed by atoms with E-state index in [2.05, 4.69) is 10.2 Å². The number of nitrogens with zero attached hydrogens (tertiary/aromatic N) is 2. The summed E-state index contributed by atoms with van der Waals surface area (Å²) in [6.45, 7) is 3.68. The Bertz CT molecular complexity index is 1310. The van der Waals surface area contributed by atoms with Crippen molar-refractivity contribution >= 4 is 27.8 Å². The molecule has 31 heavy (non-hydrogen) atoms. The SMILES string of the molecule is COc1cc(-n2c(C(C)C)c(C[C@H](F)C(=O)O)c3c(F)c4[nH]ncc4cc32)ccc1F. The Morgan fingerprint density at radius 2 is 2.03 bits per heavy atom. The van der Waals surface area contributed by atoms with Crippen LogP contribution in [0.1, 0.15) is 31.0 Å². The van der Waals surface area contributed by atoms with E-state index in [0.717, 1.165) is 0 Å². The van der Waals surface area contributed by atoms with Crippen molar-refractivity contribution in [1.82, 2.24) is 14.8 Å². The van der Waals surface area contributed by atoms with Gasteiger partial charge in [-0.3, -0.25) is 5.10 Å². The fourth-order valence-corrected chi connectivity index (χ4v) is 4.04. The Morgan fingerprint density at radius 1 is 1.29 bits per heavy atom. The third kappa shape index (κ3) is 3.30. The van der Waals surface area contributed by atoms with Gasteiger partial charge in [0.15, 0.2) is 17.4 Å². The highest BCUT2D eigenvalue weighted by atomic mass is 19.1. The number of aromatic amines is 1. The number of nitrogens with one attached hydrogen (secondary N) is 1. The number of carboxylic acid groups (broad SMARTS) is 1. The van der Waals surface area contributed by atoms with E-state index in [1.807, 2.05) is 13.8 Å². The number of rotatable bonds is 6. The average molecular weight is 431 g/mol. The molecule has 2 aromatic heterocycles. The fourth-order valence-electron chi connectivity index (χ4n) is 4.04. The first-order valence-corrected chi connectivity index (χ1v) is 9.64. The lowest BCUT2D eigenvalue weighted by atomic mass is 9.98. The summed E-state index contributed by atoms with van der Waals surface area (Å²) in [5.41, 5.74) is 1.80. The van der Waals surface area contributed by atoms with Crippen molar-refractivity contribution in [2.45, 2.75) is 32.4 Å². The number of alkyl halides is 1. The molecule has 0 aliphatic carbocycles. The molecule has 1 atom stereocenters. The van der Waals surface area contributed by atoms with Gasteiger partial charge in [-0.2, -0.15) is 5.10 Å². The predicted molar refractivity (Wildman–Crippen MR) is 110 cm³/mol. The van der Waals surface area contributed by atoms with Crippen LogP contribution in [0.15, 0.2) is 30.5 Å². The van der Waals surface area contributed by atoms with Crippen molar-refractivity contribution in [2.75, 3.05) is 7.11 Å². The normalized spacial score (nSPS) is 12.7. The minimum atomic E-state index is -2.21. The second kappa shape index (κ2) is 7.64. The van der Waals surface area contributed by atoms with Crippen molar-refractivity contribution < 1.29 is 27.8 Å².